The van der Waals surface area contributed by atoms with Crippen LogP contribution in [-0.2, 0) is 13.1 Å². The standard InChI is InChI=1S/C13H17F2N/c14-9-12-10(4-3-6-13(12)15)8-11-5-1-2-7-16-11/h3-4,6,11,16H,1-2,5,7-9H2. The Labute approximate surface area is 94.9 Å². The molecule has 1 aliphatic rings. The van der Waals surface area contributed by atoms with Gasteiger partial charge in [-0.2, -0.15) is 0 Å². The zero-order chi connectivity index (χ0) is 11.4. The van der Waals surface area contributed by atoms with Crippen molar-refractivity contribution in [2.24, 2.45) is 0 Å². The summed E-state index contributed by atoms with van der Waals surface area (Å²) < 4.78 is 26.1. The summed E-state index contributed by atoms with van der Waals surface area (Å²) in [6.07, 6.45) is 4.24. The van der Waals surface area contributed by atoms with E-state index in [9.17, 15) is 8.78 Å². The van der Waals surface area contributed by atoms with Gasteiger partial charge in [-0.15, -0.1) is 0 Å². The van der Waals surface area contributed by atoms with Crippen molar-refractivity contribution in [3.05, 3.63) is 35.1 Å². The predicted octanol–water partition coefficient (Wildman–Crippen LogP) is 2.98. The number of benzene rings is 1. The minimum Gasteiger partial charge on any atom is -0.314 e. The Morgan fingerprint density at radius 3 is 2.88 bits per heavy atom. The van der Waals surface area contributed by atoms with Gasteiger partial charge < -0.3 is 5.32 Å². The van der Waals surface area contributed by atoms with Gasteiger partial charge in [0.2, 0.25) is 0 Å². The third-order valence-corrected chi connectivity index (χ3v) is 3.23. The average Bonchev–Trinajstić information content (AvgIpc) is 2.31. The van der Waals surface area contributed by atoms with Gasteiger partial charge in [-0.05, 0) is 37.4 Å². The van der Waals surface area contributed by atoms with Crippen LogP contribution in [0, 0.1) is 5.82 Å². The SMILES string of the molecule is FCc1c(F)cccc1CC1CCCCN1. The topological polar surface area (TPSA) is 12.0 Å². The van der Waals surface area contributed by atoms with Crippen LogP contribution in [0.1, 0.15) is 30.4 Å². The highest BCUT2D eigenvalue weighted by atomic mass is 19.1. The molecule has 88 valence electrons. The summed E-state index contributed by atoms with van der Waals surface area (Å²) in [7, 11) is 0. The summed E-state index contributed by atoms with van der Waals surface area (Å²) in [5.74, 6) is -0.421. The fourth-order valence-corrected chi connectivity index (χ4v) is 2.31. The van der Waals surface area contributed by atoms with Crippen LogP contribution in [0.15, 0.2) is 18.2 Å². The first-order valence-corrected chi connectivity index (χ1v) is 5.87. The van der Waals surface area contributed by atoms with E-state index in [-0.39, 0.29) is 5.56 Å². The fraction of sp³-hybridized carbons (Fsp3) is 0.538. The lowest BCUT2D eigenvalue weighted by molar-refractivity contribution is 0.394. The van der Waals surface area contributed by atoms with Gasteiger partial charge in [0.15, 0.2) is 0 Å². The van der Waals surface area contributed by atoms with Gasteiger partial charge in [0.25, 0.3) is 0 Å². The zero-order valence-corrected chi connectivity index (χ0v) is 9.31. The summed E-state index contributed by atoms with van der Waals surface area (Å²) in [4.78, 5) is 0. The van der Waals surface area contributed by atoms with Crippen molar-refractivity contribution in [3.8, 4) is 0 Å². The van der Waals surface area contributed by atoms with Crippen molar-refractivity contribution in [2.75, 3.05) is 6.54 Å². The molecule has 0 saturated carbocycles. The molecule has 16 heavy (non-hydrogen) atoms. The first kappa shape index (κ1) is 11.5. The summed E-state index contributed by atoms with van der Waals surface area (Å²) in [6.45, 7) is 0.305. The molecule has 1 saturated heterocycles. The van der Waals surface area contributed by atoms with Crippen LogP contribution in [0.25, 0.3) is 0 Å². The summed E-state index contributed by atoms with van der Waals surface area (Å²) >= 11 is 0. The molecule has 0 spiro atoms. The minimum absolute atomic E-state index is 0.231. The van der Waals surface area contributed by atoms with Gasteiger partial charge in [0.1, 0.15) is 12.5 Å². The molecule has 3 heteroatoms. The lowest BCUT2D eigenvalue weighted by Crippen LogP contribution is -2.35. The molecule has 1 N–H and O–H groups in total. The molecule has 1 aliphatic heterocycles. The third-order valence-electron chi connectivity index (χ3n) is 3.23. The largest absolute Gasteiger partial charge is 0.314 e. The smallest absolute Gasteiger partial charge is 0.129 e. The number of hydrogen-bond acceptors (Lipinski definition) is 1. The van der Waals surface area contributed by atoms with Crippen LogP contribution in [0.5, 0.6) is 0 Å². The van der Waals surface area contributed by atoms with E-state index in [2.05, 4.69) is 5.32 Å². The number of hydrogen-bond donors (Lipinski definition) is 1. The van der Waals surface area contributed by atoms with Crippen LogP contribution < -0.4 is 5.32 Å². The molecule has 1 unspecified atom stereocenters. The van der Waals surface area contributed by atoms with E-state index in [0.717, 1.165) is 24.9 Å². The van der Waals surface area contributed by atoms with Crippen molar-refractivity contribution in [2.45, 2.75) is 38.4 Å². The second-order valence-electron chi connectivity index (χ2n) is 4.36. The van der Waals surface area contributed by atoms with Gasteiger partial charge in [0, 0.05) is 11.6 Å². The first-order chi connectivity index (χ1) is 7.81. The number of rotatable bonds is 3. The zero-order valence-electron chi connectivity index (χ0n) is 9.31. The molecule has 1 aromatic carbocycles. The van der Waals surface area contributed by atoms with Crippen LogP contribution in [0.2, 0.25) is 0 Å². The van der Waals surface area contributed by atoms with E-state index in [4.69, 9.17) is 0 Å². The van der Waals surface area contributed by atoms with Crippen LogP contribution in [-0.4, -0.2) is 12.6 Å². The van der Waals surface area contributed by atoms with Gasteiger partial charge in [0.05, 0.1) is 0 Å². The van der Waals surface area contributed by atoms with E-state index in [1.165, 1.54) is 18.9 Å². The number of halogens is 2. The highest BCUT2D eigenvalue weighted by molar-refractivity contribution is 5.29. The Hall–Kier alpha value is -0.960. The Morgan fingerprint density at radius 2 is 2.19 bits per heavy atom. The first-order valence-electron chi connectivity index (χ1n) is 5.87. The average molecular weight is 225 g/mol. The van der Waals surface area contributed by atoms with Gasteiger partial charge >= 0.3 is 0 Å². The second kappa shape index (κ2) is 5.39. The highest BCUT2D eigenvalue weighted by Crippen LogP contribution is 2.19. The predicted molar refractivity (Wildman–Crippen MR) is 60.6 cm³/mol. The lowest BCUT2D eigenvalue weighted by atomic mass is 9.95. The quantitative estimate of drug-likeness (QED) is 0.834. The summed E-state index contributed by atoms with van der Waals surface area (Å²) in [6, 6.07) is 5.19. The van der Waals surface area contributed by atoms with E-state index in [1.807, 2.05) is 6.07 Å². The maximum absolute atomic E-state index is 13.3. The summed E-state index contributed by atoms with van der Waals surface area (Å²) in [5.41, 5.74) is 1.04. The maximum Gasteiger partial charge on any atom is 0.129 e. The van der Waals surface area contributed by atoms with Crippen molar-refractivity contribution in [1.82, 2.24) is 5.32 Å². The monoisotopic (exact) mass is 225 g/mol. The third kappa shape index (κ3) is 2.59. The molecule has 0 amide bonds. The molecule has 1 aromatic rings. The van der Waals surface area contributed by atoms with Crippen LogP contribution in [0.4, 0.5) is 8.78 Å². The van der Waals surface area contributed by atoms with Crippen molar-refractivity contribution in [3.63, 3.8) is 0 Å². The Kier molecular flexibility index (Phi) is 3.88. The molecule has 2 rings (SSSR count). The number of piperidine rings is 1. The van der Waals surface area contributed by atoms with E-state index in [0.29, 0.717) is 6.04 Å². The number of alkyl halides is 1. The molecule has 0 radical (unpaired) electrons. The van der Waals surface area contributed by atoms with E-state index in [1.54, 1.807) is 6.07 Å². The molecular formula is C13H17F2N. The molecule has 0 aliphatic carbocycles. The van der Waals surface area contributed by atoms with Crippen molar-refractivity contribution >= 4 is 0 Å². The lowest BCUT2D eigenvalue weighted by Gasteiger charge is -2.24. The second-order valence-corrected chi connectivity index (χ2v) is 4.36. The molecule has 1 fully saturated rings. The molecule has 0 aromatic heterocycles. The molecule has 1 nitrogen and oxygen atoms in total. The molecule has 1 heterocycles. The molecule has 0 bridgehead atoms. The minimum atomic E-state index is -0.714. The van der Waals surface area contributed by atoms with Gasteiger partial charge in [-0.1, -0.05) is 18.6 Å². The van der Waals surface area contributed by atoms with Crippen LogP contribution in [0.3, 0.4) is 0 Å². The van der Waals surface area contributed by atoms with Crippen molar-refractivity contribution in [1.29, 1.82) is 0 Å². The molecule has 1 atom stereocenters. The number of nitrogens with one attached hydrogen (secondary N) is 1. The van der Waals surface area contributed by atoms with Crippen LogP contribution >= 0.6 is 0 Å². The van der Waals surface area contributed by atoms with E-state index < -0.39 is 12.5 Å². The maximum atomic E-state index is 13.3. The van der Waals surface area contributed by atoms with E-state index >= 15 is 0 Å². The highest BCUT2D eigenvalue weighted by Gasteiger charge is 2.16. The Bertz CT molecular complexity index is 346. The molecular weight excluding hydrogens is 208 g/mol. The normalized spacial score (nSPS) is 21.0. The van der Waals surface area contributed by atoms with Gasteiger partial charge in [-0.25, -0.2) is 8.78 Å². The van der Waals surface area contributed by atoms with Crippen molar-refractivity contribution < 1.29 is 8.78 Å². The van der Waals surface area contributed by atoms with Gasteiger partial charge in [-0.3, -0.25) is 0 Å². The Morgan fingerprint density at radius 1 is 1.31 bits per heavy atom. The summed E-state index contributed by atoms with van der Waals surface area (Å²) in [5, 5.41) is 3.39. The Balaban J connectivity index is 2.10. The fourth-order valence-electron chi connectivity index (χ4n) is 2.31.